The standard InChI is InChI=1S/C14H30N2O/c1-4-15-13(2)7-5-6-9-16-10-8-14(11-16)12-17-3/h13-15H,4-12H2,1-3H3. The van der Waals surface area contributed by atoms with Gasteiger partial charge in [0.1, 0.15) is 0 Å². The van der Waals surface area contributed by atoms with Gasteiger partial charge in [0, 0.05) is 19.7 Å². The highest BCUT2D eigenvalue weighted by Crippen LogP contribution is 2.17. The number of rotatable bonds is 9. The molecule has 0 aromatic heterocycles. The van der Waals surface area contributed by atoms with Crippen molar-refractivity contribution >= 4 is 0 Å². The molecule has 0 radical (unpaired) electrons. The molecular formula is C14H30N2O. The molecule has 1 rings (SSSR count). The van der Waals surface area contributed by atoms with Crippen molar-refractivity contribution in [2.45, 2.75) is 45.6 Å². The lowest BCUT2D eigenvalue weighted by atomic mass is 10.1. The van der Waals surface area contributed by atoms with Gasteiger partial charge >= 0.3 is 0 Å². The predicted octanol–water partition coefficient (Wildman–Crippen LogP) is 2.12. The number of hydrogen-bond donors (Lipinski definition) is 1. The first-order valence-electron chi connectivity index (χ1n) is 7.21. The topological polar surface area (TPSA) is 24.5 Å². The lowest BCUT2D eigenvalue weighted by Crippen LogP contribution is -2.26. The van der Waals surface area contributed by atoms with Crippen LogP contribution in [-0.2, 0) is 4.74 Å². The average Bonchev–Trinajstić information content (AvgIpc) is 2.73. The largest absolute Gasteiger partial charge is 0.384 e. The van der Waals surface area contributed by atoms with Gasteiger partial charge in [-0.3, -0.25) is 0 Å². The van der Waals surface area contributed by atoms with Crippen LogP contribution in [0.25, 0.3) is 0 Å². The Morgan fingerprint density at radius 3 is 2.94 bits per heavy atom. The molecule has 0 aliphatic carbocycles. The average molecular weight is 242 g/mol. The zero-order chi connectivity index (χ0) is 12.5. The van der Waals surface area contributed by atoms with Crippen molar-refractivity contribution in [3.05, 3.63) is 0 Å². The van der Waals surface area contributed by atoms with Crippen molar-refractivity contribution in [1.82, 2.24) is 10.2 Å². The minimum atomic E-state index is 0.680. The summed E-state index contributed by atoms with van der Waals surface area (Å²) in [6, 6.07) is 0.680. The van der Waals surface area contributed by atoms with Gasteiger partial charge in [0.25, 0.3) is 0 Å². The van der Waals surface area contributed by atoms with Crippen LogP contribution in [-0.4, -0.2) is 50.8 Å². The maximum atomic E-state index is 5.22. The Morgan fingerprint density at radius 2 is 2.24 bits per heavy atom. The normalized spacial score (nSPS) is 23.1. The monoisotopic (exact) mass is 242 g/mol. The van der Waals surface area contributed by atoms with Crippen LogP contribution < -0.4 is 5.32 Å². The van der Waals surface area contributed by atoms with E-state index in [4.69, 9.17) is 4.74 Å². The molecule has 3 heteroatoms. The molecule has 2 unspecified atom stereocenters. The summed E-state index contributed by atoms with van der Waals surface area (Å²) in [4.78, 5) is 2.60. The van der Waals surface area contributed by atoms with Gasteiger partial charge in [0.05, 0.1) is 6.61 Å². The number of hydrogen-bond acceptors (Lipinski definition) is 3. The Kier molecular flexibility index (Phi) is 7.82. The van der Waals surface area contributed by atoms with Crippen LogP contribution in [0.2, 0.25) is 0 Å². The number of methoxy groups -OCH3 is 1. The van der Waals surface area contributed by atoms with E-state index < -0.39 is 0 Å². The smallest absolute Gasteiger partial charge is 0.0503 e. The fourth-order valence-electron chi connectivity index (χ4n) is 2.72. The van der Waals surface area contributed by atoms with Crippen LogP contribution in [0.15, 0.2) is 0 Å². The number of ether oxygens (including phenoxy) is 1. The highest BCUT2D eigenvalue weighted by atomic mass is 16.5. The Labute approximate surface area is 107 Å². The number of nitrogens with one attached hydrogen (secondary N) is 1. The van der Waals surface area contributed by atoms with E-state index in [-0.39, 0.29) is 0 Å². The second-order valence-corrected chi connectivity index (χ2v) is 5.37. The van der Waals surface area contributed by atoms with Crippen LogP contribution in [0, 0.1) is 5.92 Å². The summed E-state index contributed by atoms with van der Waals surface area (Å²) in [5.74, 6) is 0.778. The van der Waals surface area contributed by atoms with Crippen LogP contribution in [0.1, 0.15) is 39.5 Å². The van der Waals surface area contributed by atoms with E-state index in [0.717, 1.165) is 19.1 Å². The Morgan fingerprint density at radius 1 is 1.41 bits per heavy atom. The third-order valence-electron chi connectivity index (χ3n) is 3.69. The van der Waals surface area contributed by atoms with Gasteiger partial charge in [0.15, 0.2) is 0 Å². The molecule has 1 saturated heterocycles. The van der Waals surface area contributed by atoms with Gasteiger partial charge in [0.2, 0.25) is 0 Å². The van der Waals surface area contributed by atoms with Crippen molar-refractivity contribution in [3.8, 4) is 0 Å². The number of likely N-dealkylation sites (tertiary alicyclic amines) is 1. The Hall–Kier alpha value is -0.120. The van der Waals surface area contributed by atoms with Crippen LogP contribution in [0.5, 0.6) is 0 Å². The molecule has 2 atom stereocenters. The number of unbranched alkanes of at least 4 members (excludes halogenated alkanes) is 1. The maximum absolute atomic E-state index is 5.22. The van der Waals surface area contributed by atoms with E-state index in [2.05, 4.69) is 24.1 Å². The molecular weight excluding hydrogens is 212 g/mol. The third kappa shape index (κ3) is 6.39. The van der Waals surface area contributed by atoms with Crippen LogP contribution in [0.4, 0.5) is 0 Å². The summed E-state index contributed by atoms with van der Waals surface area (Å²) in [6.45, 7) is 10.3. The predicted molar refractivity (Wildman–Crippen MR) is 73.4 cm³/mol. The van der Waals surface area contributed by atoms with E-state index in [9.17, 15) is 0 Å². The first kappa shape index (κ1) is 14.9. The summed E-state index contributed by atoms with van der Waals surface area (Å²) in [7, 11) is 1.81. The molecule has 0 bridgehead atoms. The van der Waals surface area contributed by atoms with Gasteiger partial charge in [-0.05, 0) is 51.7 Å². The van der Waals surface area contributed by atoms with Crippen molar-refractivity contribution < 1.29 is 4.74 Å². The highest BCUT2D eigenvalue weighted by molar-refractivity contribution is 4.75. The molecule has 0 saturated carbocycles. The lowest BCUT2D eigenvalue weighted by Gasteiger charge is -2.17. The van der Waals surface area contributed by atoms with Gasteiger partial charge in [-0.15, -0.1) is 0 Å². The molecule has 17 heavy (non-hydrogen) atoms. The minimum Gasteiger partial charge on any atom is -0.384 e. The van der Waals surface area contributed by atoms with Gasteiger partial charge < -0.3 is 15.0 Å². The van der Waals surface area contributed by atoms with Gasteiger partial charge in [-0.1, -0.05) is 13.3 Å². The highest BCUT2D eigenvalue weighted by Gasteiger charge is 2.21. The summed E-state index contributed by atoms with van der Waals surface area (Å²) in [6.07, 6.45) is 5.32. The Balaban J connectivity index is 1.97. The van der Waals surface area contributed by atoms with E-state index >= 15 is 0 Å². The summed E-state index contributed by atoms with van der Waals surface area (Å²) >= 11 is 0. The van der Waals surface area contributed by atoms with Gasteiger partial charge in [-0.2, -0.15) is 0 Å². The fourth-order valence-corrected chi connectivity index (χ4v) is 2.72. The Bertz CT molecular complexity index is 187. The van der Waals surface area contributed by atoms with Crippen molar-refractivity contribution in [3.63, 3.8) is 0 Å². The zero-order valence-corrected chi connectivity index (χ0v) is 11.9. The molecule has 1 aliphatic heterocycles. The first-order valence-corrected chi connectivity index (χ1v) is 7.21. The van der Waals surface area contributed by atoms with E-state index in [1.165, 1.54) is 45.3 Å². The van der Waals surface area contributed by atoms with Crippen molar-refractivity contribution in [2.75, 3.05) is 39.9 Å². The third-order valence-corrected chi connectivity index (χ3v) is 3.69. The molecule has 1 heterocycles. The van der Waals surface area contributed by atoms with E-state index in [1.54, 1.807) is 0 Å². The second kappa shape index (κ2) is 8.90. The maximum Gasteiger partial charge on any atom is 0.0503 e. The molecule has 3 nitrogen and oxygen atoms in total. The summed E-state index contributed by atoms with van der Waals surface area (Å²) < 4.78 is 5.22. The second-order valence-electron chi connectivity index (χ2n) is 5.37. The van der Waals surface area contributed by atoms with Crippen molar-refractivity contribution in [1.29, 1.82) is 0 Å². The summed E-state index contributed by atoms with van der Waals surface area (Å²) in [5, 5.41) is 3.47. The summed E-state index contributed by atoms with van der Waals surface area (Å²) in [5.41, 5.74) is 0. The minimum absolute atomic E-state index is 0.680. The van der Waals surface area contributed by atoms with E-state index in [0.29, 0.717) is 6.04 Å². The fraction of sp³-hybridized carbons (Fsp3) is 1.00. The van der Waals surface area contributed by atoms with Crippen LogP contribution >= 0.6 is 0 Å². The zero-order valence-electron chi connectivity index (χ0n) is 11.9. The quantitative estimate of drug-likeness (QED) is 0.627. The lowest BCUT2D eigenvalue weighted by molar-refractivity contribution is 0.153. The van der Waals surface area contributed by atoms with E-state index in [1.807, 2.05) is 7.11 Å². The molecule has 0 spiro atoms. The SMILES string of the molecule is CCNC(C)CCCCN1CCC(COC)C1. The first-order chi connectivity index (χ1) is 8.26. The molecule has 0 aromatic rings. The van der Waals surface area contributed by atoms with Gasteiger partial charge in [-0.25, -0.2) is 0 Å². The molecule has 102 valence electrons. The molecule has 0 aromatic carbocycles. The molecule has 0 amide bonds. The van der Waals surface area contributed by atoms with Crippen LogP contribution in [0.3, 0.4) is 0 Å². The number of nitrogens with zero attached hydrogens (tertiary/aromatic N) is 1. The molecule has 1 fully saturated rings. The molecule has 1 N–H and O–H groups in total. The van der Waals surface area contributed by atoms with Crippen molar-refractivity contribution in [2.24, 2.45) is 5.92 Å². The molecule has 1 aliphatic rings.